The molecule has 0 aliphatic rings. The molecule has 4 aromatic rings. The third-order valence-corrected chi connectivity index (χ3v) is 7.33. The molecule has 0 saturated carbocycles. The summed E-state index contributed by atoms with van der Waals surface area (Å²) >= 11 is 6.89. The Hall–Kier alpha value is -2.68. The summed E-state index contributed by atoms with van der Waals surface area (Å²) in [6.45, 7) is 2.05. The van der Waals surface area contributed by atoms with Gasteiger partial charge >= 0.3 is 0 Å². The number of rotatable bonds is 6. The van der Waals surface area contributed by atoms with Crippen LogP contribution in [0.4, 0.5) is 17.3 Å². The van der Waals surface area contributed by atoms with Gasteiger partial charge in [0.15, 0.2) is 11.6 Å². The lowest BCUT2D eigenvalue weighted by molar-refractivity contribution is 0.603. The Morgan fingerprint density at radius 1 is 0.931 bits per heavy atom. The van der Waals surface area contributed by atoms with Crippen LogP contribution in [0.1, 0.15) is 12.5 Å². The fourth-order valence-corrected chi connectivity index (χ4v) is 5.35. The van der Waals surface area contributed by atoms with E-state index in [1.54, 1.807) is 12.1 Å². The van der Waals surface area contributed by atoms with Crippen molar-refractivity contribution in [2.75, 3.05) is 10.0 Å². The quantitative estimate of drug-likeness (QED) is 0.413. The summed E-state index contributed by atoms with van der Waals surface area (Å²) in [6, 6.07) is 18.1. The van der Waals surface area contributed by atoms with Crippen molar-refractivity contribution in [1.82, 2.24) is 9.97 Å². The van der Waals surface area contributed by atoms with Gasteiger partial charge in [0.2, 0.25) is 0 Å². The van der Waals surface area contributed by atoms with Crippen LogP contribution in [0.2, 0.25) is 4.34 Å². The number of nitrogens with one attached hydrogen (secondary N) is 2. The van der Waals surface area contributed by atoms with Gasteiger partial charge in [-0.25, -0.2) is 18.4 Å². The molecule has 0 atom stereocenters. The standard InChI is InChI=1S/C20H17ClN4O2S2/c1-2-13-7-3-4-8-14(13)22-19-20(24-16-10-6-5-9-15(16)23-19)25-29(26,27)18-12-11-17(21)28-18/h3-12H,2H2,1H3,(H,22,23)(H,24,25). The molecule has 4 rings (SSSR count). The van der Waals surface area contributed by atoms with Gasteiger partial charge in [-0.3, -0.25) is 4.72 Å². The predicted octanol–water partition coefficient (Wildman–Crippen LogP) is 5.45. The number of halogens is 1. The first-order chi connectivity index (χ1) is 14.0. The van der Waals surface area contributed by atoms with Crippen LogP contribution >= 0.6 is 22.9 Å². The Balaban J connectivity index is 1.80. The lowest BCUT2D eigenvalue weighted by Crippen LogP contribution is -2.15. The topological polar surface area (TPSA) is 84.0 Å². The van der Waals surface area contributed by atoms with E-state index in [4.69, 9.17) is 11.6 Å². The molecule has 9 heteroatoms. The van der Waals surface area contributed by atoms with E-state index < -0.39 is 10.0 Å². The average Bonchev–Trinajstić information content (AvgIpc) is 3.16. The van der Waals surface area contributed by atoms with E-state index in [1.165, 1.54) is 6.07 Å². The summed E-state index contributed by atoms with van der Waals surface area (Å²) in [7, 11) is -3.85. The van der Waals surface area contributed by atoms with Crippen LogP contribution in [0.25, 0.3) is 11.0 Å². The van der Waals surface area contributed by atoms with Crippen molar-refractivity contribution in [2.45, 2.75) is 17.6 Å². The van der Waals surface area contributed by atoms with E-state index in [1.807, 2.05) is 42.5 Å². The predicted molar refractivity (Wildman–Crippen MR) is 119 cm³/mol. The molecule has 148 valence electrons. The van der Waals surface area contributed by atoms with E-state index in [2.05, 4.69) is 26.9 Å². The monoisotopic (exact) mass is 444 g/mol. The van der Waals surface area contributed by atoms with Crippen molar-refractivity contribution in [3.63, 3.8) is 0 Å². The van der Waals surface area contributed by atoms with Crippen molar-refractivity contribution in [3.05, 3.63) is 70.6 Å². The van der Waals surface area contributed by atoms with Gasteiger partial charge in [0.25, 0.3) is 10.0 Å². The summed E-state index contributed by atoms with van der Waals surface area (Å²) in [5, 5.41) is 3.24. The molecule has 0 saturated heterocycles. The maximum absolute atomic E-state index is 12.8. The maximum atomic E-state index is 12.8. The molecule has 2 heterocycles. The Morgan fingerprint density at radius 2 is 1.59 bits per heavy atom. The number of nitrogens with zero attached hydrogens (tertiary/aromatic N) is 2. The van der Waals surface area contributed by atoms with E-state index >= 15 is 0 Å². The van der Waals surface area contributed by atoms with Crippen molar-refractivity contribution in [1.29, 1.82) is 0 Å². The van der Waals surface area contributed by atoms with Crippen LogP contribution in [-0.4, -0.2) is 18.4 Å². The molecule has 29 heavy (non-hydrogen) atoms. The number of hydrogen-bond acceptors (Lipinski definition) is 6. The first-order valence-corrected chi connectivity index (χ1v) is 11.5. The lowest BCUT2D eigenvalue weighted by atomic mass is 10.1. The van der Waals surface area contributed by atoms with Crippen molar-refractivity contribution in [3.8, 4) is 0 Å². The second kappa shape index (κ2) is 7.98. The van der Waals surface area contributed by atoms with E-state index in [0.717, 1.165) is 29.0 Å². The van der Waals surface area contributed by atoms with Crippen LogP contribution in [0.15, 0.2) is 64.9 Å². The van der Waals surface area contributed by atoms with Crippen LogP contribution in [0.5, 0.6) is 0 Å². The highest BCUT2D eigenvalue weighted by atomic mass is 35.5. The Kier molecular flexibility index (Phi) is 5.40. The molecule has 0 aliphatic carbocycles. The highest BCUT2D eigenvalue weighted by Crippen LogP contribution is 2.31. The molecule has 2 aromatic carbocycles. The summed E-state index contributed by atoms with van der Waals surface area (Å²) in [6.07, 6.45) is 0.818. The normalized spacial score (nSPS) is 11.5. The zero-order chi connectivity index (χ0) is 20.4. The number of aromatic nitrogens is 2. The molecule has 0 bridgehead atoms. The second-order valence-corrected chi connectivity index (χ2v) is 9.83. The minimum absolute atomic E-state index is 0.109. The zero-order valence-corrected chi connectivity index (χ0v) is 17.8. The molecule has 0 fully saturated rings. The fourth-order valence-electron chi connectivity index (χ4n) is 2.86. The highest BCUT2D eigenvalue weighted by Gasteiger charge is 2.21. The summed E-state index contributed by atoms with van der Waals surface area (Å²) in [4.78, 5) is 9.11. The fraction of sp³-hybridized carbons (Fsp3) is 0.100. The summed E-state index contributed by atoms with van der Waals surface area (Å²) in [5.41, 5.74) is 3.18. The molecular formula is C20H17ClN4O2S2. The summed E-state index contributed by atoms with van der Waals surface area (Å²) in [5.74, 6) is 0.454. The van der Waals surface area contributed by atoms with Gasteiger partial charge in [0.05, 0.1) is 15.4 Å². The van der Waals surface area contributed by atoms with Gasteiger partial charge in [-0.1, -0.05) is 48.9 Å². The summed E-state index contributed by atoms with van der Waals surface area (Å²) < 4.78 is 28.7. The Morgan fingerprint density at radius 3 is 2.24 bits per heavy atom. The third-order valence-electron chi connectivity index (χ3n) is 4.27. The Labute approximate surface area is 177 Å². The number of benzene rings is 2. The number of aryl methyl sites for hydroxylation is 1. The largest absolute Gasteiger partial charge is 0.337 e. The molecule has 0 spiro atoms. The average molecular weight is 445 g/mol. The van der Waals surface area contributed by atoms with Gasteiger partial charge in [-0.05, 0) is 42.3 Å². The van der Waals surface area contributed by atoms with Crippen LogP contribution in [-0.2, 0) is 16.4 Å². The van der Waals surface area contributed by atoms with E-state index in [-0.39, 0.29) is 10.0 Å². The molecule has 0 amide bonds. The second-order valence-electron chi connectivity index (χ2n) is 6.21. The maximum Gasteiger partial charge on any atom is 0.272 e. The first kappa shape index (κ1) is 19.6. The number of sulfonamides is 1. The number of hydrogen-bond donors (Lipinski definition) is 2. The molecule has 2 aromatic heterocycles. The van der Waals surface area contributed by atoms with Crippen LogP contribution < -0.4 is 10.0 Å². The van der Waals surface area contributed by atoms with Crippen molar-refractivity contribution >= 4 is 61.3 Å². The minimum atomic E-state index is -3.85. The third kappa shape index (κ3) is 4.19. The SMILES string of the molecule is CCc1ccccc1Nc1nc2ccccc2nc1NS(=O)(=O)c1ccc(Cl)s1. The van der Waals surface area contributed by atoms with Gasteiger partial charge < -0.3 is 5.32 Å². The van der Waals surface area contributed by atoms with Crippen LogP contribution in [0, 0.1) is 0 Å². The number of anilines is 3. The molecule has 0 radical (unpaired) electrons. The van der Waals surface area contributed by atoms with Gasteiger partial charge in [-0.2, -0.15) is 0 Å². The number of para-hydroxylation sites is 3. The zero-order valence-electron chi connectivity index (χ0n) is 15.4. The van der Waals surface area contributed by atoms with Gasteiger partial charge in [0, 0.05) is 5.69 Å². The molecule has 0 unspecified atom stereocenters. The van der Waals surface area contributed by atoms with Crippen molar-refractivity contribution in [2.24, 2.45) is 0 Å². The first-order valence-electron chi connectivity index (χ1n) is 8.86. The van der Waals surface area contributed by atoms with Gasteiger partial charge in [0.1, 0.15) is 4.21 Å². The van der Waals surface area contributed by atoms with E-state index in [0.29, 0.717) is 21.2 Å². The molecule has 2 N–H and O–H groups in total. The Bertz CT molecular complexity index is 1290. The van der Waals surface area contributed by atoms with Gasteiger partial charge in [-0.15, -0.1) is 11.3 Å². The number of thiophene rings is 1. The lowest BCUT2D eigenvalue weighted by Gasteiger charge is -2.15. The molecule has 6 nitrogen and oxygen atoms in total. The van der Waals surface area contributed by atoms with Crippen molar-refractivity contribution < 1.29 is 8.42 Å². The van der Waals surface area contributed by atoms with Crippen LogP contribution in [0.3, 0.4) is 0 Å². The number of fused-ring (bicyclic) bond motifs is 1. The highest BCUT2D eigenvalue weighted by molar-refractivity contribution is 7.94. The smallest absolute Gasteiger partial charge is 0.272 e. The minimum Gasteiger partial charge on any atom is -0.337 e. The van der Waals surface area contributed by atoms with E-state index in [9.17, 15) is 8.42 Å². The molecular weight excluding hydrogens is 428 g/mol. The molecule has 0 aliphatic heterocycles.